The molecule has 3 N–H and O–H groups in total. The van der Waals surface area contributed by atoms with Crippen LogP contribution in [0.25, 0.3) is 5.57 Å². The van der Waals surface area contributed by atoms with Crippen molar-refractivity contribution in [2.75, 3.05) is 44.7 Å². The van der Waals surface area contributed by atoms with E-state index in [0.29, 0.717) is 28.9 Å². The number of nitrogens with zero attached hydrogens (tertiary/aromatic N) is 5. The number of aliphatic hydroxyl groups excluding tert-OH is 1. The van der Waals surface area contributed by atoms with Gasteiger partial charge in [0.05, 0.1) is 49.6 Å². The van der Waals surface area contributed by atoms with Crippen LogP contribution < -0.4 is 10.9 Å². The van der Waals surface area contributed by atoms with E-state index >= 15 is 0 Å². The second-order valence-corrected chi connectivity index (χ2v) is 12.3. The van der Waals surface area contributed by atoms with Gasteiger partial charge < -0.3 is 29.8 Å². The molecule has 0 bridgehead atoms. The Morgan fingerprint density at radius 1 is 1.24 bits per heavy atom. The van der Waals surface area contributed by atoms with E-state index in [0.717, 1.165) is 49.6 Å². The second-order valence-electron chi connectivity index (χ2n) is 12.3. The van der Waals surface area contributed by atoms with Crippen LogP contribution in [0.1, 0.15) is 43.4 Å². The summed E-state index contributed by atoms with van der Waals surface area (Å²) >= 11 is 0. The normalized spacial score (nSPS) is 26.1. The molecule has 4 atom stereocenters. The number of alkyl halides is 2. The fourth-order valence-electron chi connectivity index (χ4n) is 6.41. The lowest BCUT2D eigenvalue weighted by Crippen LogP contribution is -2.56. The third kappa shape index (κ3) is 6.87. The molecule has 3 unspecified atom stereocenters. The maximum atomic E-state index is 14.9. The summed E-state index contributed by atoms with van der Waals surface area (Å²) in [6.07, 6.45) is 4.11. The third-order valence-electron chi connectivity index (χ3n) is 9.12. The average molecular weight is 638 g/mol. The average Bonchev–Trinajstić information content (AvgIpc) is 3.01. The minimum Gasteiger partial charge on any atom is -0.384 e. The largest absolute Gasteiger partial charge is 0.384 e. The first-order valence-electron chi connectivity index (χ1n) is 15.6. The summed E-state index contributed by atoms with van der Waals surface area (Å²) in [6, 6.07) is 7.96. The molecular weight excluding hydrogens is 600 g/mol. The van der Waals surface area contributed by atoms with Gasteiger partial charge in [0.25, 0.3) is 17.4 Å². The minimum atomic E-state index is -3.35. The molecule has 14 heteroatoms. The Kier molecular flexibility index (Phi) is 9.28. The molecular formula is C32H37F2N7O5. The number of hydrogen-bond donors (Lipinski definition) is 3. The summed E-state index contributed by atoms with van der Waals surface area (Å²) in [5.74, 6) is -3.88. The number of aromatic amines is 1. The van der Waals surface area contributed by atoms with Gasteiger partial charge in [-0.05, 0) is 62.9 Å². The first-order chi connectivity index (χ1) is 22.1. The van der Waals surface area contributed by atoms with Crippen LogP contribution in [-0.4, -0.2) is 105 Å². The van der Waals surface area contributed by atoms with Crippen molar-refractivity contribution in [2.24, 2.45) is 5.92 Å². The number of hydrogen-bond acceptors (Lipinski definition) is 10. The second kappa shape index (κ2) is 13.4. The monoisotopic (exact) mass is 637 g/mol. The Hall–Kier alpha value is -4.03. The zero-order valence-electron chi connectivity index (χ0n) is 25.4. The lowest BCUT2D eigenvalue weighted by atomic mass is 9.89. The quantitative estimate of drug-likeness (QED) is 0.393. The van der Waals surface area contributed by atoms with Gasteiger partial charge in [-0.15, -0.1) is 0 Å². The summed E-state index contributed by atoms with van der Waals surface area (Å²) in [5.41, 5.74) is 1.71. The van der Waals surface area contributed by atoms with Crippen LogP contribution in [0.15, 0.2) is 47.5 Å². The molecule has 1 aliphatic carbocycles. The Labute approximate surface area is 264 Å². The van der Waals surface area contributed by atoms with Gasteiger partial charge in [0.15, 0.2) is 0 Å². The predicted octanol–water partition coefficient (Wildman–Crippen LogP) is 2.58. The number of nitrogens with one attached hydrogen (secondary N) is 2. The van der Waals surface area contributed by atoms with Crippen LogP contribution in [0.2, 0.25) is 0 Å². The summed E-state index contributed by atoms with van der Waals surface area (Å²) in [5, 5.41) is 22.4. The van der Waals surface area contributed by atoms with Crippen LogP contribution in [0.4, 0.5) is 20.4 Å². The summed E-state index contributed by atoms with van der Waals surface area (Å²) in [7, 11) is 0. The van der Waals surface area contributed by atoms with Crippen LogP contribution in [-0.2, 0) is 14.3 Å². The van der Waals surface area contributed by atoms with E-state index < -0.39 is 42.6 Å². The molecule has 0 radical (unpaired) electrons. The van der Waals surface area contributed by atoms with E-state index in [9.17, 15) is 28.7 Å². The lowest BCUT2D eigenvalue weighted by molar-refractivity contribution is -0.192. The molecule has 4 aliphatic rings. The van der Waals surface area contributed by atoms with E-state index in [1.165, 1.54) is 13.3 Å². The van der Waals surface area contributed by atoms with E-state index in [1.54, 1.807) is 24.3 Å². The number of carbonyl (C=O) groups excluding carboxylic acids is 1. The smallest absolute Gasteiger partial charge is 0.290 e. The van der Waals surface area contributed by atoms with Crippen molar-refractivity contribution >= 4 is 23.1 Å². The fourth-order valence-corrected chi connectivity index (χ4v) is 6.41. The molecule has 0 aromatic carbocycles. The molecule has 3 aliphatic heterocycles. The molecule has 12 nitrogen and oxygen atoms in total. The highest BCUT2D eigenvalue weighted by Gasteiger charge is 2.48. The number of aromatic nitrogens is 3. The molecule has 244 valence electrons. The van der Waals surface area contributed by atoms with E-state index in [-0.39, 0.29) is 24.4 Å². The van der Waals surface area contributed by atoms with Crippen LogP contribution >= 0.6 is 0 Å². The van der Waals surface area contributed by atoms with Gasteiger partial charge in [-0.2, -0.15) is 5.26 Å². The maximum Gasteiger partial charge on any atom is 0.290 e. The zero-order chi connectivity index (χ0) is 32.4. The van der Waals surface area contributed by atoms with Gasteiger partial charge in [0.1, 0.15) is 30.2 Å². The summed E-state index contributed by atoms with van der Waals surface area (Å²) in [4.78, 5) is 39.9. The molecule has 0 spiro atoms. The van der Waals surface area contributed by atoms with Crippen molar-refractivity contribution < 1.29 is 28.2 Å². The number of allylic oxidation sites excluding steroid dienone is 2. The highest BCUT2D eigenvalue weighted by Crippen LogP contribution is 2.35. The van der Waals surface area contributed by atoms with Crippen molar-refractivity contribution in [1.29, 1.82) is 5.26 Å². The number of H-pyrrole nitrogens is 1. The number of amides is 1. The van der Waals surface area contributed by atoms with E-state index in [4.69, 9.17) is 9.47 Å². The molecule has 3 fully saturated rings. The number of rotatable bonds is 8. The number of aliphatic hydroxyl groups is 1. The third-order valence-corrected chi connectivity index (χ3v) is 9.12. The Balaban J connectivity index is 1.08. The summed E-state index contributed by atoms with van der Waals surface area (Å²) < 4.78 is 40.9. The maximum absolute atomic E-state index is 14.9. The molecule has 5 heterocycles. The van der Waals surface area contributed by atoms with E-state index in [1.807, 2.05) is 12.1 Å². The highest BCUT2D eigenvalue weighted by atomic mass is 19.3. The van der Waals surface area contributed by atoms with Gasteiger partial charge in [-0.3, -0.25) is 14.5 Å². The minimum absolute atomic E-state index is 0.0132. The molecule has 46 heavy (non-hydrogen) atoms. The Bertz CT molecular complexity index is 1590. The van der Waals surface area contributed by atoms with Crippen molar-refractivity contribution in [3.8, 4) is 6.07 Å². The van der Waals surface area contributed by atoms with Crippen LogP contribution in [0.3, 0.4) is 0 Å². The standard InChI is InChI=1S/C32H37F2N7O5/c1-19(42)31(44)41-11-8-27(32(33,34)17-41)46-26-4-2-21(12-22(26)14-35)25-13-29(37-18-36-25)38-28-5-3-24(30(43)39-28)20-6-9-40(10-7-20)23-15-45-16-23/h2-5,12-13,18-20,22-23,26-27,42H,6-11,15-17H2,1H3,(H2,36,37,38,39,43)/t19-,22?,26?,27?/m0/s1. The fraction of sp³-hybridized carbons (Fsp3) is 0.531. The molecule has 6 rings (SSSR count). The van der Waals surface area contributed by atoms with Crippen molar-refractivity contribution in [1.82, 2.24) is 24.8 Å². The molecule has 2 aromatic heterocycles. The van der Waals surface area contributed by atoms with Gasteiger partial charge in [0, 0.05) is 18.2 Å². The first-order valence-corrected chi connectivity index (χ1v) is 15.6. The van der Waals surface area contributed by atoms with Gasteiger partial charge in [0.2, 0.25) is 0 Å². The molecule has 1 amide bonds. The van der Waals surface area contributed by atoms with Crippen molar-refractivity contribution in [3.05, 3.63) is 64.4 Å². The molecule has 2 aromatic rings. The first kappa shape index (κ1) is 31.9. The van der Waals surface area contributed by atoms with Gasteiger partial charge >= 0.3 is 0 Å². The number of anilines is 2. The number of piperidine rings is 2. The van der Waals surface area contributed by atoms with Gasteiger partial charge in [-0.25, -0.2) is 18.7 Å². The topological polar surface area (TPSA) is 157 Å². The number of pyridine rings is 1. The number of carbonyl (C=O) groups is 1. The number of nitriles is 1. The van der Waals surface area contributed by atoms with Crippen molar-refractivity contribution in [3.63, 3.8) is 0 Å². The Morgan fingerprint density at radius 3 is 2.67 bits per heavy atom. The number of ether oxygens (including phenoxy) is 2. The lowest BCUT2D eigenvalue weighted by Gasteiger charge is -2.41. The van der Waals surface area contributed by atoms with Gasteiger partial charge in [-0.1, -0.05) is 18.2 Å². The molecule has 0 saturated carbocycles. The van der Waals surface area contributed by atoms with Crippen LogP contribution in [0, 0.1) is 17.2 Å². The highest BCUT2D eigenvalue weighted by molar-refractivity contribution is 5.80. The van der Waals surface area contributed by atoms with Crippen LogP contribution in [0.5, 0.6) is 0 Å². The molecule has 3 saturated heterocycles. The SMILES string of the molecule is C[C@H](O)C(=O)N1CCC(OC2C=CC(c3cc(Nc4ccc(C5CCN(C6COC6)CC5)c(=O)[nH]4)ncn3)=CC2C#N)C(F)(F)C1. The number of likely N-dealkylation sites (tertiary alicyclic amines) is 2. The zero-order valence-corrected chi connectivity index (χ0v) is 25.4. The van der Waals surface area contributed by atoms with E-state index in [2.05, 4.69) is 31.2 Å². The van der Waals surface area contributed by atoms with Crippen molar-refractivity contribution in [2.45, 2.75) is 62.4 Å². The number of halogens is 2. The predicted molar refractivity (Wildman–Crippen MR) is 163 cm³/mol. The summed E-state index contributed by atoms with van der Waals surface area (Å²) in [6.45, 7) is 3.86. The Morgan fingerprint density at radius 2 is 2.02 bits per heavy atom.